The van der Waals surface area contributed by atoms with Crippen LogP contribution in [0.5, 0.6) is 11.5 Å². The van der Waals surface area contributed by atoms with Gasteiger partial charge in [-0.05, 0) is 25.0 Å². The molecule has 1 aromatic rings. The van der Waals surface area contributed by atoms with Crippen LogP contribution < -0.4 is 20.1 Å². The first kappa shape index (κ1) is 11.2. The van der Waals surface area contributed by atoms with Crippen LogP contribution in [0, 0.1) is 0 Å². The van der Waals surface area contributed by atoms with Gasteiger partial charge in [0.05, 0.1) is 0 Å². The molecule has 1 aliphatic carbocycles. The van der Waals surface area contributed by atoms with Crippen LogP contribution in [0.2, 0.25) is 0 Å². The maximum Gasteiger partial charge on any atom is 0.231 e. The Morgan fingerprint density at radius 2 is 2.11 bits per heavy atom. The number of anilines is 1. The van der Waals surface area contributed by atoms with Crippen molar-refractivity contribution >= 4 is 11.6 Å². The van der Waals surface area contributed by atoms with E-state index in [9.17, 15) is 4.79 Å². The Morgan fingerprint density at radius 3 is 2.94 bits per heavy atom. The summed E-state index contributed by atoms with van der Waals surface area (Å²) in [4.78, 5) is 11.5. The van der Waals surface area contributed by atoms with E-state index >= 15 is 0 Å². The molecule has 1 aromatic carbocycles. The minimum absolute atomic E-state index is 0.116. The summed E-state index contributed by atoms with van der Waals surface area (Å²) in [5.74, 6) is 1.64. The summed E-state index contributed by atoms with van der Waals surface area (Å²) in [5.41, 5.74) is 0.943. The molecule has 18 heavy (non-hydrogen) atoms. The van der Waals surface area contributed by atoms with Gasteiger partial charge in [0.25, 0.3) is 0 Å². The van der Waals surface area contributed by atoms with Gasteiger partial charge in [-0.25, -0.2) is 0 Å². The zero-order chi connectivity index (χ0) is 12.4. The van der Waals surface area contributed by atoms with Crippen molar-refractivity contribution in [2.75, 3.05) is 18.7 Å². The maximum absolute atomic E-state index is 11.5. The van der Waals surface area contributed by atoms with E-state index in [-0.39, 0.29) is 12.7 Å². The number of fused-ring (bicyclic) bond motifs is 1. The van der Waals surface area contributed by atoms with Gasteiger partial charge in [-0.3, -0.25) is 4.79 Å². The van der Waals surface area contributed by atoms with Crippen molar-refractivity contribution in [1.29, 1.82) is 0 Å². The number of rotatable bonds is 5. The fourth-order valence-corrected chi connectivity index (χ4v) is 1.85. The van der Waals surface area contributed by atoms with E-state index in [1.54, 1.807) is 0 Å². The average molecular weight is 248 g/mol. The number of carbonyl (C=O) groups is 1. The van der Waals surface area contributed by atoms with Gasteiger partial charge in [0.15, 0.2) is 11.5 Å². The van der Waals surface area contributed by atoms with Gasteiger partial charge in [-0.15, -0.1) is 0 Å². The Labute approximate surface area is 105 Å². The quantitative estimate of drug-likeness (QED) is 0.829. The van der Waals surface area contributed by atoms with E-state index in [0.717, 1.165) is 30.0 Å². The highest BCUT2D eigenvalue weighted by molar-refractivity contribution is 5.77. The van der Waals surface area contributed by atoms with Gasteiger partial charge < -0.3 is 20.1 Å². The van der Waals surface area contributed by atoms with Crippen molar-refractivity contribution in [3.63, 3.8) is 0 Å². The molecule has 96 valence electrons. The predicted octanol–water partition coefficient (Wildman–Crippen LogP) is 1.50. The fraction of sp³-hybridized carbons (Fsp3) is 0.462. The molecule has 3 rings (SSSR count). The highest BCUT2D eigenvalue weighted by Gasteiger charge is 2.22. The number of amides is 1. The normalized spacial score (nSPS) is 16.4. The molecule has 0 unspecified atom stereocenters. The highest BCUT2D eigenvalue weighted by Crippen LogP contribution is 2.34. The van der Waals surface area contributed by atoms with E-state index in [4.69, 9.17) is 9.47 Å². The molecule has 1 fully saturated rings. The zero-order valence-electron chi connectivity index (χ0n) is 10.1. The lowest BCUT2D eigenvalue weighted by atomic mass is 10.2. The minimum Gasteiger partial charge on any atom is -0.454 e. The van der Waals surface area contributed by atoms with Gasteiger partial charge in [-0.1, -0.05) is 0 Å². The van der Waals surface area contributed by atoms with Crippen LogP contribution in [0.15, 0.2) is 18.2 Å². The summed E-state index contributed by atoms with van der Waals surface area (Å²) in [6.45, 7) is 0.904. The molecule has 2 aliphatic rings. The fourth-order valence-electron chi connectivity index (χ4n) is 1.85. The van der Waals surface area contributed by atoms with Crippen molar-refractivity contribution in [2.24, 2.45) is 0 Å². The Morgan fingerprint density at radius 1 is 1.28 bits per heavy atom. The average Bonchev–Trinajstić information content (AvgIpc) is 3.05. The summed E-state index contributed by atoms with van der Waals surface area (Å²) < 4.78 is 10.5. The van der Waals surface area contributed by atoms with Gasteiger partial charge >= 0.3 is 0 Å². The second-order valence-electron chi connectivity index (χ2n) is 4.59. The second kappa shape index (κ2) is 4.76. The van der Waals surface area contributed by atoms with E-state index in [1.807, 2.05) is 18.2 Å². The molecule has 5 heteroatoms. The smallest absolute Gasteiger partial charge is 0.231 e. The topological polar surface area (TPSA) is 59.6 Å². The molecule has 1 aliphatic heterocycles. The summed E-state index contributed by atoms with van der Waals surface area (Å²) in [6.07, 6.45) is 2.74. The largest absolute Gasteiger partial charge is 0.454 e. The number of benzene rings is 1. The number of hydrogen-bond donors (Lipinski definition) is 2. The molecule has 1 amide bonds. The number of carbonyl (C=O) groups excluding carboxylic acids is 1. The molecule has 0 radical (unpaired) electrons. The Hall–Kier alpha value is -1.91. The maximum atomic E-state index is 11.5. The summed E-state index contributed by atoms with van der Waals surface area (Å²) in [6, 6.07) is 6.12. The predicted molar refractivity (Wildman–Crippen MR) is 66.8 cm³/mol. The van der Waals surface area contributed by atoms with Crippen molar-refractivity contribution in [3.8, 4) is 11.5 Å². The van der Waals surface area contributed by atoms with Crippen molar-refractivity contribution in [1.82, 2.24) is 5.32 Å². The summed E-state index contributed by atoms with van der Waals surface area (Å²) >= 11 is 0. The molecule has 0 bridgehead atoms. The molecule has 0 spiro atoms. The van der Waals surface area contributed by atoms with Crippen LogP contribution in [0.25, 0.3) is 0 Å². The Kier molecular flexibility index (Phi) is 2.96. The SMILES string of the molecule is O=C(CCNc1ccc2c(c1)OCO2)NC1CC1. The molecule has 0 saturated heterocycles. The van der Waals surface area contributed by atoms with Crippen LogP contribution >= 0.6 is 0 Å². The van der Waals surface area contributed by atoms with Crippen LogP contribution in [-0.4, -0.2) is 25.3 Å². The van der Waals surface area contributed by atoms with Gasteiger partial charge in [0.1, 0.15) is 0 Å². The van der Waals surface area contributed by atoms with Crippen LogP contribution in [0.1, 0.15) is 19.3 Å². The van der Waals surface area contributed by atoms with Gasteiger partial charge in [0.2, 0.25) is 12.7 Å². The van der Waals surface area contributed by atoms with Crippen LogP contribution in [0.3, 0.4) is 0 Å². The third-order valence-corrected chi connectivity index (χ3v) is 3.00. The second-order valence-corrected chi connectivity index (χ2v) is 4.59. The number of nitrogens with one attached hydrogen (secondary N) is 2. The molecular weight excluding hydrogens is 232 g/mol. The molecule has 0 aromatic heterocycles. The van der Waals surface area contributed by atoms with E-state index < -0.39 is 0 Å². The first-order valence-corrected chi connectivity index (χ1v) is 6.24. The molecule has 2 N–H and O–H groups in total. The lowest BCUT2D eigenvalue weighted by molar-refractivity contribution is -0.120. The molecule has 5 nitrogen and oxygen atoms in total. The monoisotopic (exact) mass is 248 g/mol. The Balaban J connectivity index is 1.46. The third-order valence-electron chi connectivity index (χ3n) is 3.00. The first-order valence-electron chi connectivity index (χ1n) is 6.24. The van der Waals surface area contributed by atoms with Crippen molar-refractivity contribution in [3.05, 3.63) is 18.2 Å². The summed E-state index contributed by atoms with van der Waals surface area (Å²) in [7, 11) is 0. The standard InChI is InChI=1S/C13H16N2O3/c16-13(15-9-1-2-9)5-6-14-10-3-4-11-12(7-10)18-8-17-11/h3-4,7,9,14H,1-2,5-6,8H2,(H,15,16). The Bertz CT molecular complexity index is 458. The molecule has 0 atom stereocenters. The lowest BCUT2D eigenvalue weighted by Gasteiger charge is -2.07. The van der Waals surface area contributed by atoms with Crippen molar-refractivity contribution in [2.45, 2.75) is 25.3 Å². The van der Waals surface area contributed by atoms with Crippen LogP contribution in [0.4, 0.5) is 5.69 Å². The van der Waals surface area contributed by atoms with E-state index in [2.05, 4.69) is 10.6 Å². The molecular formula is C13H16N2O3. The van der Waals surface area contributed by atoms with Gasteiger partial charge in [-0.2, -0.15) is 0 Å². The lowest BCUT2D eigenvalue weighted by Crippen LogP contribution is -2.27. The highest BCUT2D eigenvalue weighted by atomic mass is 16.7. The minimum atomic E-state index is 0.116. The number of ether oxygens (including phenoxy) is 2. The molecule has 1 saturated carbocycles. The molecule has 1 heterocycles. The number of hydrogen-bond acceptors (Lipinski definition) is 4. The van der Waals surface area contributed by atoms with Gasteiger partial charge in [0, 0.05) is 30.8 Å². The summed E-state index contributed by atoms with van der Waals surface area (Å²) in [5, 5.41) is 6.16. The van der Waals surface area contributed by atoms with Crippen molar-refractivity contribution < 1.29 is 14.3 Å². The third kappa shape index (κ3) is 2.67. The zero-order valence-corrected chi connectivity index (χ0v) is 10.1. The van der Waals surface area contributed by atoms with E-state index in [1.165, 1.54) is 0 Å². The first-order chi connectivity index (χ1) is 8.81. The van der Waals surface area contributed by atoms with Crippen LogP contribution in [-0.2, 0) is 4.79 Å². The van der Waals surface area contributed by atoms with E-state index in [0.29, 0.717) is 19.0 Å².